The van der Waals surface area contributed by atoms with Crippen molar-refractivity contribution >= 4 is 11.3 Å². The van der Waals surface area contributed by atoms with Gasteiger partial charge in [-0.05, 0) is 58.3 Å². The van der Waals surface area contributed by atoms with Crippen LogP contribution >= 0.6 is 11.3 Å². The third-order valence-electron chi connectivity index (χ3n) is 4.18. The fourth-order valence-corrected chi connectivity index (χ4v) is 3.33. The molecule has 0 aliphatic heterocycles. The van der Waals surface area contributed by atoms with Gasteiger partial charge in [-0.2, -0.15) is 0 Å². The van der Waals surface area contributed by atoms with Crippen LogP contribution in [-0.2, 0) is 13.1 Å². The van der Waals surface area contributed by atoms with Crippen molar-refractivity contribution < 1.29 is 0 Å². The molecule has 3 rings (SSSR count). The van der Waals surface area contributed by atoms with Gasteiger partial charge in [-0.25, -0.2) is 4.98 Å². The molecule has 0 unspecified atom stereocenters. The fraction of sp³-hybridized carbons (Fsp3) is 0.824. The first-order chi connectivity index (χ1) is 9.98. The van der Waals surface area contributed by atoms with Crippen LogP contribution in [0, 0.1) is 11.8 Å². The SMILES string of the molecule is CC(C)(C)NCc1nc(CN(CC2CC2)CC2CC2)cs1. The largest absolute Gasteiger partial charge is 0.306 e. The molecular formula is C17H29N3S. The molecule has 0 bridgehead atoms. The summed E-state index contributed by atoms with van der Waals surface area (Å²) in [6.45, 7) is 11.1. The second kappa shape index (κ2) is 6.35. The van der Waals surface area contributed by atoms with Gasteiger partial charge >= 0.3 is 0 Å². The van der Waals surface area contributed by atoms with Gasteiger partial charge in [-0.1, -0.05) is 0 Å². The molecule has 0 spiro atoms. The highest BCUT2D eigenvalue weighted by Gasteiger charge is 2.29. The summed E-state index contributed by atoms with van der Waals surface area (Å²) in [5.41, 5.74) is 1.43. The molecule has 1 heterocycles. The second-order valence-electron chi connectivity index (χ2n) is 7.92. The van der Waals surface area contributed by atoms with Crippen molar-refractivity contribution in [3.63, 3.8) is 0 Å². The lowest BCUT2D eigenvalue weighted by Gasteiger charge is -2.21. The first-order valence-corrected chi connectivity index (χ1v) is 9.26. The molecule has 4 heteroatoms. The normalized spacial score (nSPS) is 19.4. The van der Waals surface area contributed by atoms with Gasteiger partial charge in [0.1, 0.15) is 5.01 Å². The van der Waals surface area contributed by atoms with E-state index in [0.717, 1.165) is 24.9 Å². The third kappa shape index (κ3) is 5.68. The van der Waals surface area contributed by atoms with E-state index in [9.17, 15) is 0 Å². The average molecular weight is 308 g/mol. The van der Waals surface area contributed by atoms with Crippen molar-refractivity contribution in [1.29, 1.82) is 0 Å². The standard InChI is InChI=1S/C17H29N3S/c1-17(2,3)18-8-16-19-15(12-21-16)11-20(9-13-4-5-13)10-14-6-7-14/h12-14,18H,4-11H2,1-3H3. The Morgan fingerprint density at radius 1 is 1.19 bits per heavy atom. The second-order valence-corrected chi connectivity index (χ2v) is 8.86. The van der Waals surface area contributed by atoms with Crippen molar-refractivity contribution in [2.75, 3.05) is 13.1 Å². The quantitative estimate of drug-likeness (QED) is 0.794. The van der Waals surface area contributed by atoms with E-state index in [2.05, 4.69) is 36.4 Å². The maximum absolute atomic E-state index is 4.82. The van der Waals surface area contributed by atoms with E-state index < -0.39 is 0 Å². The van der Waals surface area contributed by atoms with Gasteiger partial charge in [0.25, 0.3) is 0 Å². The van der Waals surface area contributed by atoms with Crippen LogP contribution in [0.5, 0.6) is 0 Å². The Kier molecular flexibility index (Phi) is 4.67. The third-order valence-corrected chi connectivity index (χ3v) is 5.08. The molecule has 2 saturated carbocycles. The van der Waals surface area contributed by atoms with Crippen molar-refractivity contribution in [3.05, 3.63) is 16.1 Å². The van der Waals surface area contributed by atoms with Crippen LogP contribution in [-0.4, -0.2) is 28.5 Å². The summed E-state index contributed by atoms with van der Waals surface area (Å²) < 4.78 is 0. The summed E-state index contributed by atoms with van der Waals surface area (Å²) in [5, 5.41) is 7.00. The summed E-state index contributed by atoms with van der Waals surface area (Å²) in [7, 11) is 0. The van der Waals surface area contributed by atoms with E-state index in [1.54, 1.807) is 11.3 Å². The molecule has 21 heavy (non-hydrogen) atoms. The zero-order chi connectivity index (χ0) is 14.9. The Morgan fingerprint density at radius 2 is 1.81 bits per heavy atom. The van der Waals surface area contributed by atoms with E-state index in [1.165, 1.54) is 49.5 Å². The molecule has 0 atom stereocenters. The smallest absolute Gasteiger partial charge is 0.107 e. The maximum atomic E-state index is 4.82. The molecule has 2 aliphatic carbocycles. The number of nitrogens with one attached hydrogen (secondary N) is 1. The molecule has 2 fully saturated rings. The topological polar surface area (TPSA) is 28.2 Å². The molecular weight excluding hydrogens is 278 g/mol. The van der Waals surface area contributed by atoms with Crippen molar-refractivity contribution in [2.24, 2.45) is 11.8 Å². The monoisotopic (exact) mass is 307 g/mol. The first kappa shape index (κ1) is 15.4. The van der Waals surface area contributed by atoms with Crippen LogP contribution in [0.4, 0.5) is 0 Å². The lowest BCUT2D eigenvalue weighted by atomic mass is 10.1. The zero-order valence-corrected chi connectivity index (χ0v) is 14.5. The lowest BCUT2D eigenvalue weighted by Crippen LogP contribution is -2.35. The van der Waals surface area contributed by atoms with Gasteiger partial charge < -0.3 is 5.32 Å². The van der Waals surface area contributed by atoms with Crippen molar-refractivity contribution in [2.45, 2.75) is 65.1 Å². The van der Waals surface area contributed by atoms with Crippen LogP contribution < -0.4 is 5.32 Å². The summed E-state index contributed by atoms with van der Waals surface area (Å²) in [6, 6.07) is 0. The highest BCUT2D eigenvalue weighted by Crippen LogP contribution is 2.34. The number of rotatable bonds is 8. The van der Waals surface area contributed by atoms with Gasteiger partial charge in [0.05, 0.1) is 5.69 Å². The van der Waals surface area contributed by atoms with E-state index in [0.29, 0.717) is 0 Å². The van der Waals surface area contributed by atoms with E-state index in [4.69, 9.17) is 4.98 Å². The van der Waals surface area contributed by atoms with Crippen LogP contribution in [0.3, 0.4) is 0 Å². The predicted molar refractivity (Wildman–Crippen MR) is 89.4 cm³/mol. The minimum atomic E-state index is 0.163. The first-order valence-electron chi connectivity index (χ1n) is 8.38. The molecule has 0 aromatic carbocycles. The molecule has 0 amide bonds. The summed E-state index contributed by atoms with van der Waals surface area (Å²) in [4.78, 5) is 7.48. The molecule has 1 aromatic rings. The Bertz CT molecular complexity index is 441. The molecule has 118 valence electrons. The number of aromatic nitrogens is 1. The Hall–Kier alpha value is -0.450. The summed E-state index contributed by atoms with van der Waals surface area (Å²) in [6.07, 6.45) is 5.77. The highest BCUT2D eigenvalue weighted by atomic mass is 32.1. The fourth-order valence-electron chi connectivity index (χ4n) is 2.61. The molecule has 1 aromatic heterocycles. The summed E-state index contributed by atoms with van der Waals surface area (Å²) in [5.74, 6) is 1.95. The Balaban J connectivity index is 1.51. The predicted octanol–water partition coefficient (Wildman–Crippen LogP) is 3.65. The van der Waals surface area contributed by atoms with E-state index in [1.807, 2.05) is 0 Å². The Morgan fingerprint density at radius 3 is 2.33 bits per heavy atom. The average Bonchev–Trinajstić information content (AvgIpc) is 3.30. The Labute approximate surface area is 133 Å². The van der Waals surface area contributed by atoms with Gasteiger partial charge in [-0.15, -0.1) is 11.3 Å². The van der Waals surface area contributed by atoms with Crippen LogP contribution in [0.1, 0.15) is 57.2 Å². The number of hydrogen-bond donors (Lipinski definition) is 1. The van der Waals surface area contributed by atoms with Gasteiger partial charge in [-0.3, -0.25) is 4.90 Å². The van der Waals surface area contributed by atoms with Crippen LogP contribution in [0.15, 0.2) is 5.38 Å². The van der Waals surface area contributed by atoms with Gasteiger partial charge in [0.2, 0.25) is 0 Å². The molecule has 2 aliphatic rings. The molecule has 3 nitrogen and oxygen atoms in total. The minimum Gasteiger partial charge on any atom is -0.306 e. The van der Waals surface area contributed by atoms with Gasteiger partial charge in [0, 0.05) is 37.1 Å². The van der Waals surface area contributed by atoms with Gasteiger partial charge in [0.15, 0.2) is 0 Å². The lowest BCUT2D eigenvalue weighted by molar-refractivity contribution is 0.242. The molecule has 1 N–H and O–H groups in total. The van der Waals surface area contributed by atoms with E-state index in [-0.39, 0.29) is 5.54 Å². The zero-order valence-electron chi connectivity index (χ0n) is 13.7. The molecule has 0 saturated heterocycles. The maximum Gasteiger partial charge on any atom is 0.107 e. The van der Waals surface area contributed by atoms with Crippen molar-refractivity contribution in [1.82, 2.24) is 15.2 Å². The number of nitrogens with zero attached hydrogens (tertiary/aromatic N) is 2. The van der Waals surface area contributed by atoms with Crippen LogP contribution in [0.2, 0.25) is 0 Å². The summed E-state index contributed by atoms with van der Waals surface area (Å²) >= 11 is 1.80. The number of hydrogen-bond acceptors (Lipinski definition) is 4. The minimum absolute atomic E-state index is 0.163. The highest BCUT2D eigenvalue weighted by molar-refractivity contribution is 7.09. The molecule has 0 radical (unpaired) electrons. The van der Waals surface area contributed by atoms with Crippen LogP contribution in [0.25, 0.3) is 0 Å². The van der Waals surface area contributed by atoms with E-state index >= 15 is 0 Å². The number of thiazole rings is 1. The van der Waals surface area contributed by atoms with Crippen molar-refractivity contribution in [3.8, 4) is 0 Å².